The molecule has 1 N–H and O–H groups in total. The van der Waals surface area contributed by atoms with Crippen molar-refractivity contribution in [3.05, 3.63) is 77.9 Å². The fourth-order valence-corrected chi connectivity index (χ4v) is 1.90. The third-order valence-electron chi connectivity index (χ3n) is 3.11. The fraction of sp³-hybridized carbons (Fsp3) is 0.167. The second-order valence-corrected chi connectivity index (χ2v) is 4.68. The van der Waals surface area contributed by atoms with E-state index in [2.05, 4.69) is 11.9 Å². The van der Waals surface area contributed by atoms with Gasteiger partial charge in [-0.15, -0.1) is 0 Å². The third-order valence-corrected chi connectivity index (χ3v) is 3.11. The van der Waals surface area contributed by atoms with Crippen LogP contribution < -0.4 is 5.32 Å². The van der Waals surface area contributed by atoms with Crippen LogP contribution in [0.25, 0.3) is 6.08 Å². The first-order chi connectivity index (χ1) is 10.3. The van der Waals surface area contributed by atoms with E-state index in [4.69, 9.17) is 4.74 Å². The zero-order valence-electron chi connectivity index (χ0n) is 11.9. The summed E-state index contributed by atoms with van der Waals surface area (Å²) in [5.74, 6) is 0. The lowest BCUT2D eigenvalue weighted by molar-refractivity contribution is 0.140. The Hall–Kier alpha value is -2.55. The first-order valence-electron chi connectivity index (χ1n) is 6.94. The number of alkyl carbamates (subject to hydrolysis) is 1. The number of rotatable bonds is 6. The van der Waals surface area contributed by atoms with Crippen LogP contribution in [0.5, 0.6) is 0 Å². The zero-order chi connectivity index (χ0) is 14.9. The molecule has 0 radical (unpaired) electrons. The van der Waals surface area contributed by atoms with Crippen molar-refractivity contribution in [2.45, 2.75) is 13.0 Å². The molecule has 0 saturated carbocycles. The molecule has 0 spiro atoms. The molecule has 0 atom stereocenters. The highest BCUT2D eigenvalue weighted by Gasteiger charge is 2.02. The van der Waals surface area contributed by atoms with Crippen molar-refractivity contribution < 1.29 is 9.53 Å². The lowest BCUT2D eigenvalue weighted by Gasteiger charge is -2.07. The Morgan fingerprint density at radius 3 is 2.43 bits per heavy atom. The van der Waals surface area contributed by atoms with Crippen molar-refractivity contribution >= 4 is 12.2 Å². The van der Waals surface area contributed by atoms with E-state index in [0.717, 1.165) is 17.5 Å². The molecule has 3 nitrogen and oxygen atoms in total. The summed E-state index contributed by atoms with van der Waals surface area (Å²) in [6, 6.07) is 17.7. The van der Waals surface area contributed by atoms with Gasteiger partial charge in [0.2, 0.25) is 0 Å². The lowest BCUT2D eigenvalue weighted by atomic mass is 10.1. The number of amides is 1. The van der Waals surface area contributed by atoms with E-state index in [1.54, 1.807) is 0 Å². The summed E-state index contributed by atoms with van der Waals surface area (Å²) >= 11 is 0. The number of benzene rings is 2. The Bertz CT molecular complexity index is 576. The van der Waals surface area contributed by atoms with Crippen LogP contribution in [0.3, 0.4) is 0 Å². The maximum absolute atomic E-state index is 11.6. The molecule has 2 aromatic carbocycles. The molecule has 0 aliphatic rings. The van der Waals surface area contributed by atoms with Crippen LogP contribution in [-0.4, -0.2) is 12.6 Å². The molecular weight excluding hydrogens is 262 g/mol. The smallest absolute Gasteiger partial charge is 0.407 e. The monoisotopic (exact) mass is 281 g/mol. The molecule has 2 rings (SSSR count). The summed E-state index contributed by atoms with van der Waals surface area (Å²) in [4.78, 5) is 11.6. The average molecular weight is 281 g/mol. The Kier molecular flexibility index (Phi) is 5.59. The highest BCUT2D eigenvalue weighted by molar-refractivity contribution is 5.67. The molecule has 1 amide bonds. The minimum atomic E-state index is -0.387. The van der Waals surface area contributed by atoms with Gasteiger partial charge in [0.15, 0.2) is 0 Å². The summed E-state index contributed by atoms with van der Waals surface area (Å²) < 4.78 is 5.14. The SMILES string of the molecule is C=Cc1ccc(CCNC(=O)OCc2ccccc2)cc1. The van der Waals surface area contributed by atoms with Gasteiger partial charge in [-0.25, -0.2) is 4.79 Å². The van der Waals surface area contributed by atoms with E-state index >= 15 is 0 Å². The molecule has 0 aromatic heterocycles. The quantitative estimate of drug-likeness (QED) is 0.874. The largest absolute Gasteiger partial charge is 0.445 e. The molecule has 21 heavy (non-hydrogen) atoms. The minimum absolute atomic E-state index is 0.292. The summed E-state index contributed by atoms with van der Waals surface area (Å²) in [6.45, 7) is 4.57. The van der Waals surface area contributed by atoms with Crippen molar-refractivity contribution in [2.75, 3.05) is 6.54 Å². The summed E-state index contributed by atoms with van der Waals surface area (Å²) in [5.41, 5.74) is 3.24. The average Bonchev–Trinajstić information content (AvgIpc) is 2.54. The van der Waals surface area contributed by atoms with Crippen LogP contribution in [0.1, 0.15) is 16.7 Å². The summed E-state index contributed by atoms with van der Waals surface area (Å²) in [7, 11) is 0. The van der Waals surface area contributed by atoms with Crippen molar-refractivity contribution in [3.63, 3.8) is 0 Å². The Balaban J connectivity index is 1.68. The zero-order valence-corrected chi connectivity index (χ0v) is 11.9. The molecule has 0 heterocycles. The summed E-state index contributed by atoms with van der Waals surface area (Å²) in [5, 5.41) is 2.75. The molecule has 0 fully saturated rings. The van der Waals surface area contributed by atoms with Crippen molar-refractivity contribution in [1.29, 1.82) is 0 Å². The molecule has 108 valence electrons. The number of carbonyl (C=O) groups excluding carboxylic acids is 1. The Morgan fingerprint density at radius 2 is 1.76 bits per heavy atom. The predicted octanol–water partition coefficient (Wildman–Crippen LogP) is 3.80. The van der Waals surface area contributed by atoms with Gasteiger partial charge in [0.25, 0.3) is 0 Å². The van der Waals surface area contributed by atoms with Gasteiger partial charge in [0.05, 0.1) is 0 Å². The van der Waals surface area contributed by atoms with Crippen molar-refractivity contribution in [2.24, 2.45) is 0 Å². The maximum atomic E-state index is 11.6. The van der Waals surface area contributed by atoms with E-state index in [-0.39, 0.29) is 6.09 Å². The van der Waals surface area contributed by atoms with Crippen LogP contribution in [-0.2, 0) is 17.8 Å². The van der Waals surface area contributed by atoms with Gasteiger partial charge in [-0.2, -0.15) is 0 Å². The fourth-order valence-electron chi connectivity index (χ4n) is 1.90. The van der Waals surface area contributed by atoms with Gasteiger partial charge in [-0.1, -0.05) is 67.3 Å². The predicted molar refractivity (Wildman–Crippen MR) is 84.9 cm³/mol. The van der Waals surface area contributed by atoms with Gasteiger partial charge in [-0.05, 0) is 23.1 Å². The lowest BCUT2D eigenvalue weighted by Crippen LogP contribution is -2.26. The third kappa shape index (κ3) is 5.15. The van der Waals surface area contributed by atoms with Gasteiger partial charge < -0.3 is 10.1 Å². The van der Waals surface area contributed by atoms with Crippen LogP contribution in [0.2, 0.25) is 0 Å². The van der Waals surface area contributed by atoms with Crippen LogP contribution in [0.4, 0.5) is 4.79 Å². The molecule has 0 bridgehead atoms. The van der Waals surface area contributed by atoms with Gasteiger partial charge >= 0.3 is 6.09 Å². The summed E-state index contributed by atoms with van der Waals surface area (Å²) in [6.07, 6.45) is 2.20. The molecule has 0 aliphatic carbocycles. The van der Waals surface area contributed by atoms with E-state index in [9.17, 15) is 4.79 Å². The number of hydrogen-bond acceptors (Lipinski definition) is 2. The first-order valence-corrected chi connectivity index (χ1v) is 6.94. The minimum Gasteiger partial charge on any atom is -0.445 e. The maximum Gasteiger partial charge on any atom is 0.407 e. The van der Waals surface area contributed by atoms with E-state index in [1.165, 1.54) is 5.56 Å². The van der Waals surface area contributed by atoms with Gasteiger partial charge in [0, 0.05) is 6.54 Å². The number of ether oxygens (including phenoxy) is 1. The molecule has 2 aromatic rings. The molecule has 0 unspecified atom stereocenters. The highest BCUT2D eigenvalue weighted by Crippen LogP contribution is 2.06. The van der Waals surface area contributed by atoms with Crippen LogP contribution in [0, 0.1) is 0 Å². The molecule has 0 aliphatic heterocycles. The van der Waals surface area contributed by atoms with Crippen molar-refractivity contribution in [3.8, 4) is 0 Å². The van der Waals surface area contributed by atoms with Crippen LogP contribution in [0.15, 0.2) is 61.2 Å². The Morgan fingerprint density at radius 1 is 1.05 bits per heavy atom. The van der Waals surface area contributed by atoms with E-state index in [1.807, 2.05) is 60.7 Å². The normalized spacial score (nSPS) is 9.90. The highest BCUT2D eigenvalue weighted by atomic mass is 16.5. The molecular formula is C18H19NO2. The van der Waals surface area contributed by atoms with Gasteiger partial charge in [0.1, 0.15) is 6.61 Å². The van der Waals surface area contributed by atoms with E-state index in [0.29, 0.717) is 13.2 Å². The number of carbonyl (C=O) groups is 1. The second kappa shape index (κ2) is 7.90. The number of hydrogen-bond donors (Lipinski definition) is 1. The Labute approximate surface area is 125 Å². The number of nitrogens with one attached hydrogen (secondary N) is 1. The first kappa shape index (κ1) is 14.9. The standard InChI is InChI=1S/C18H19NO2/c1-2-15-8-10-16(11-9-15)12-13-19-18(20)21-14-17-6-4-3-5-7-17/h2-11H,1,12-14H2,(H,19,20). The topological polar surface area (TPSA) is 38.3 Å². The second-order valence-electron chi connectivity index (χ2n) is 4.68. The molecule has 0 saturated heterocycles. The molecule has 3 heteroatoms. The van der Waals surface area contributed by atoms with Crippen molar-refractivity contribution in [1.82, 2.24) is 5.32 Å². The van der Waals surface area contributed by atoms with Gasteiger partial charge in [-0.3, -0.25) is 0 Å². The van der Waals surface area contributed by atoms with E-state index < -0.39 is 0 Å². The van der Waals surface area contributed by atoms with Crippen LogP contribution >= 0.6 is 0 Å².